The van der Waals surface area contributed by atoms with E-state index in [0.29, 0.717) is 6.54 Å². The van der Waals surface area contributed by atoms with Crippen LogP contribution in [0.2, 0.25) is 0 Å². The second-order valence-corrected chi connectivity index (χ2v) is 5.10. The van der Waals surface area contributed by atoms with Gasteiger partial charge in [-0.3, -0.25) is 0 Å². The van der Waals surface area contributed by atoms with Crippen LogP contribution in [0.5, 0.6) is 0 Å². The minimum Gasteiger partial charge on any atom is -0.341 e. The number of rotatable bonds is 6. The molecule has 0 bridgehead atoms. The summed E-state index contributed by atoms with van der Waals surface area (Å²) < 4.78 is 14.2. The van der Waals surface area contributed by atoms with Crippen molar-refractivity contribution in [2.75, 3.05) is 18.0 Å². The lowest BCUT2D eigenvalue weighted by Gasteiger charge is -2.26. The summed E-state index contributed by atoms with van der Waals surface area (Å²) in [7, 11) is 0. The van der Waals surface area contributed by atoms with E-state index in [9.17, 15) is 4.39 Å². The van der Waals surface area contributed by atoms with E-state index in [1.54, 1.807) is 6.07 Å². The number of nitrogens with zero attached hydrogens (tertiary/aromatic N) is 1. The summed E-state index contributed by atoms with van der Waals surface area (Å²) in [6, 6.07) is 13.6. The van der Waals surface area contributed by atoms with Crippen LogP contribution >= 0.6 is 0 Å². The van der Waals surface area contributed by atoms with Gasteiger partial charge >= 0.3 is 0 Å². The molecule has 2 rings (SSSR count). The van der Waals surface area contributed by atoms with Crippen molar-refractivity contribution in [3.63, 3.8) is 0 Å². The monoisotopic (exact) mass is 286 g/mol. The van der Waals surface area contributed by atoms with Crippen molar-refractivity contribution < 1.29 is 4.39 Å². The predicted molar refractivity (Wildman–Crippen MR) is 87.6 cm³/mol. The Morgan fingerprint density at radius 1 is 1.10 bits per heavy atom. The number of nitrogens with one attached hydrogen (secondary N) is 1. The van der Waals surface area contributed by atoms with Crippen LogP contribution in [0.15, 0.2) is 42.5 Å². The smallest absolute Gasteiger partial charge is 0.129 e. The van der Waals surface area contributed by atoms with Crippen LogP contribution in [0.25, 0.3) is 0 Å². The van der Waals surface area contributed by atoms with Crippen molar-refractivity contribution in [3.05, 3.63) is 59.4 Å². The van der Waals surface area contributed by atoms with E-state index in [1.165, 1.54) is 11.6 Å². The Labute approximate surface area is 126 Å². The molecule has 112 valence electrons. The minimum atomic E-state index is -0.153. The average molecular weight is 286 g/mol. The van der Waals surface area contributed by atoms with Crippen LogP contribution in [0.1, 0.15) is 25.0 Å². The highest BCUT2D eigenvalue weighted by Crippen LogP contribution is 2.30. The average Bonchev–Trinajstić information content (AvgIpc) is 2.47. The summed E-state index contributed by atoms with van der Waals surface area (Å²) in [6.07, 6.45) is 0. The predicted octanol–water partition coefficient (Wildman–Crippen LogP) is 4.40. The Bertz CT molecular complexity index is 596. The van der Waals surface area contributed by atoms with E-state index in [1.807, 2.05) is 19.1 Å². The molecule has 0 unspecified atom stereocenters. The first-order chi connectivity index (χ1) is 10.2. The van der Waals surface area contributed by atoms with Crippen LogP contribution < -0.4 is 10.2 Å². The van der Waals surface area contributed by atoms with Gasteiger partial charge in [-0.1, -0.05) is 25.1 Å². The van der Waals surface area contributed by atoms with Crippen LogP contribution in [-0.4, -0.2) is 13.1 Å². The Hall–Kier alpha value is -1.87. The van der Waals surface area contributed by atoms with Gasteiger partial charge in [0.2, 0.25) is 0 Å². The zero-order valence-electron chi connectivity index (χ0n) is 13.0. The van der Waals surface area contributed by atoms with Crippen LogP contribution in [-0.2, 0) is 6.54 Å². The molecule has 0 aliphatic heterocycles. The van der Waals surface area contributed by atoms with E-state index in [4.69, 9.17) is 0 Å². The van der Waals surface area contributed by atoms with Crippen molar-refractivity contribution in [1.82, 2.24) is 5.32 Å². The second kappa shape index (κ2) is 7.23. The molecule has 0 aliphatic carbocycles. The zero-order chi connectivity index (χ0) is 15.2. The van der Waals surface area contributed by atoms with Crippen molar-refractivity contribution in [3.8, 4) is 0 Å². The summed E-state index contributed by atoms with van der Waals surface area (Å²) >= 11 is 0. The molecule has 2 nitrogen and oxygen atoms in total. The van der Waals surface area contributed by atoms with Crippen molar-refractivity contribution in [1.29, 1.82) is 0 Å². The highest BCUT2D eigenvalue weighted by molar-refractivity contribution is 5.67. The van der Waals surface area contributed by atoms with Gasteiger partial charge in [-0.05, 0) is 50.2 Å². The van der Waals surface area contributed by atoms with Gasteiger partial charge in [0, 0.05) is 30.0 Å². The van der Waals surface area contributed by atoms with Gasteiger partial charge in [-0.25, -0.2) is 4.39 Å². The number of aryl methyl sites for hydroxylation is 1. The number of hydrogen-bond donors (Lipinski definition) is 1. The Morgan fingerprint density at radius 3 is 2.52 bits per heavy atom. The highest BCUT2D eigenvalue weighted by Gasteiger charge is 2.14. The molecule has 0 saturated carbocycles. The fraction of sp³-hybridized carbons (Fsp3) is 0.333. The molecule has 0 spiro atoms. The molecular weight excluding hydrogens is 263 g/mol. The van der Waals surface area contributed by atoms with Gasteiger partial charge in [0.25, 0.3) is 0 Å². The van der Waals surface area contributed by atoms with Crippen molar-refractivity contribution >= 4 is 11.4 Å². The van der Waals surface area contributed by atoms with E-state index < -0.39 is 0 Å². The summed E-state index contributed by atoms with van der Waals surface area (Å²) in [5.41, 5.74) is 3.96. The fourth-order valence-corrected chi connectivity index (χ4v) is 2.51. The van der Waals surface area contributed by atoms with Gasteiger partial charge in [-0.15, -0.1) is 0 Å². The largest absolute Gasteiger partial charge is 0.341 e. The molecule has 0 aliphatic rings. The molecule has 21 heavy (non-hydrogen) atoms. The molecule has 0 heterocycles. The maximum Gasteiger partial charge on any atom is 0.129 e. The molecule has 0 aromatic heterocycles. The number of anilines is 2. The molecule has 3 heteroatoms. The van der Waals surface area contributed by atoms with Crippen LogP contribution in [0.3, 0.4) is 0 Å². The van der Waals surface area contributed by atoms with E-state index in [2.05, 4.69) is 42.3 Å². The SMILES string of the molecule is CCNCc1c(F)cccc1N(CC)c1cccc(C)c1. The number of benzene rings is 2. The number of hydrogen-bond acceptors (Lipinski definition) is 2. The normalized spacial score (nSPS) is 10.7. The molecule has 0 atom stereocenters. The quantitative estimate of drug-likeness (QED) is 0.846. The van der Waals surface area contributed by atoms with Crippen LogP contribution in [0, 0.1) is 12.7 Å². The van der Waals surface area contributed by atoms with Crippen molar-refractivity contribution in [2.45, 2.75) is 27.3 Å². The molecule has 2 aromatic carbocycles. The summed E-state index contributed by atoms with van der Waals surface area (Å²) in [5, 5.41) is 3.22. The third-order valence-corrected chi connectivity index (χ3v) is 3.57. The fourth-order valence-electron chi connectivity index (χ4n) is 2.51. The van der Waals surface area contributed by atoms with Gasteiger partial charge < -0.3 is 10.2 Å². The summed E-state index contributed by atoms with van der Waals surface area (Å²) in [6.45, 7) is 8.35. The first-order valence-corrected chi connectivity index (χ1v) is 7.49. The summed E-state index contributed by atoms with van der Waals surface area (Å²) in [5.74, 6) is -0.153. The van der Waals surface area contributed by atoms with Crippen molar-refractivity contribution in [2.24, 2.45) is 0 Å². The molecule has 0 amide bonds. The lowest BCUT2D eigenvalue weighted by Crippen LogP contribution is -2.21. The first-order valence-electron chi connectivity index (χ1n) is 7.49. The number of halogens is 1. The van der Waals surface area contributed by atoms with Gasteiger partial charge in [-0.2, -0.15) is 0 Å². The third-order valence-electron chi connectivity index (χ3n) is 3.57. The molecule has 0 fully saturated rings. The Morgan fingerprint density at radius 2 is 1.86 bits per heavy atom. The molecular formula is C18H23FN2. The molecule has 1 N–H and O–H groups in total. The van der Waals surface area contributed by atoms with Crippen LogP contribution in [0.4, 0.5) is 15.8 Å². The standard InChI is InChI=1S/C18H23FN2/c1-4-20-13-16-17(19)10-7-11-18(16)21(5-2)15-9-6-8-14(3)12-15/h6-12,20H,4-5,13H2,1-3H3. The topological polar surface area (TPSA) is 15.3 Å². The molecule has 0 radical (unpaired) electrons. The van der Waals surface area contributed by atoms with E-state index in [0.717, 1.165) is 30.0 Å². The van der Waals surface area contributed by atoms with Gasteiger partial charge in [0.05, 0.1) is 0 Å². The highest BCUT2D eigenvalue weighted by atomic mass is 19.1. The van der Waals surface area contributed by atoms with Gasteiger partial charge in [0.1, 0.15) is 5.82 Å². The Balaban J connectivity index is 2.44. The van der Waals surface area contributed by atoms with E-state index >= 15 is 0 Å². The second-order valence-electron chi connectivity index (χ2n) is 5.10. The maximum absolute atomic E-state index is 14.2. The Kier molecular flexibility index (Phi) is 5.34. The van der Waals surface area contributed by atoms with E-state index in [-0.39, 0.29) is 5.82 Å². The molecule has 0 saturated heterocycles. The first kappa shape index (κ1) is 15.5. The summed E-state index contributed by atoms with van der Waals surface area (Å²) in [4.78, 5) is 2.16. The third kappa shape index (κ3) is 3.61. The maximum atomic E-state index is 14.2. The zero-order valence-corrected chi connectivity index (χ0v) is 13.0. The minimum absolute atomic E-state index is 0.153. The lowest BCUT2D eigenvalue weighted by atomic mass is 10.1. The lowest BCUT2D eigenvalue weighted by molar-refractivity contribution is 0.593. The van der Waals surface area contributed by atoms with Gasteiger partial charge in [0.15, 0.2) is 0 Å². The molecule has 2 aromatic rings.